The highest BCUT2D eigenvalue weighted by molar-refractivity contribution is 5.81. The minimum Gasteiger partial charge on any atom is -0.493 e. The number of hydrogen-bond donors (Lipinski definition) is 0. The lowest BCUT2D eigenvalue weighted by Gasteiger charge is -2.31. The molecule has 0 bridgehead atoms. The molecule has 1 aliphatic heterocycles. The van der Waals surface area contributed by atoms with Crippen LogP contribution in [-0.4, -0.2) is 47.0 Å². The Labute approximate surface area is 186 Å². The molecule has 170 valence electrons. The summed E-state index contributed by atoms with van der Waals surface area (Å²) < 4.78 is 33.3. The largest absolute Gasteiger partial charge is 0.493 e. The molecule has 2 aromatic rings. The van der Waals surface area contributed by atoms with Gasteiger partial charge in [-0.05, 0) is 47.4 Å². The van der Waals surface area contributed by atoms with Crippen LogP contribution in [0.15, 0.2) is 24.3 Å². The minimum absolute atomic E-state index is 0.165. The number of rotatable bonds is 5. The quantitative estimate of drug-likeness (QED) is 0.652. The number of methoxy groups -OCH3 is 4. The van der Waals surface area contributed by atoms with Gasteiger partial charge >= 0.3 is 11.9 Å². The molecule has 4 rings (SSSR count). The zero-order chi connectivity index (χ0) is 23.0. The Morgan fingerprint density at radius 1 is 0.875 bits per heavy atom. The molecule has 1 fully saturated rings. The van der Waals surface area contributed by atoms with E-state index in [1.165, 1.54) is 6.92 Å². The lowest BCUT2D eigenvalue weighted by atomic mass is 9.76. The fourth-order valence-corrected chi connectivity index (χ4v) is 4.61. The van der Waals surface area contributed by atoms with Crippen LogP contribution in [0, 0.1) is 11.8 Å². The molecule has 0 spiro atoms. The van der Waals surface area contributed by atoms with Crippen molar-refractivity contribution in [2.24, 2.45) is 11.8 Å². The van der Waals surface area contributed by atoms with Crippen molar-refractivity contribution in [1.82, 2.24) is 0 Å². The first-order chi connectivity index (χ1) is 15.4. The smallest absolute Gasteiger partial charge is 0.309 e. The van der Waals surface area contributed by atoms with Crippen molar-refractivity contribution in [1.29, 1.82) is 0 Å². The van der Waals surface area contributed by atoms with Crippen molar-refractivity contribution in [3.05, 3.63) is 35.4 Å². The van der Waals surface area contributed by atoms with Gasteiger partial charge in [-0.25, -0.2) is 0 Å². The maximum absolute atomic E-state index is 12.7. The second-order valence-electron chi connectivity index (χ2n) is 7.79. The van der Waals surface area contributed by atoms with Gasteiger partial charge in [0.1, 0.15) is 6.10 Å². The molecule has 2 aromatic carbocycles. The van der Waals surface area contributed by atoms with Gasteiger partial charge in [-0.3, -0.25) is 9.59 Å². The van der Waals surface area contributed by atoms with Gasteiger partial charge < -0.3 is 28.4 Å². The summed E-state index contributed by atoms with van der Waals surface area (Å²) in [6.45, 7) is 1.52. The number of ether oxygens (including phenoxy) is 6. The molecule has 2 aliphatic rings. The van der Waals surface area contributed by atoms with Crippen LogP contribution in [0.4, 0.5) is 0 Å². The summed E-state index contributed by atoms with van der Waals surface area (Å²) in [5.74, 6) is 0.563. The van der Waals surface area contributed by atoms with Crippen molar-refractivity contribution in [2.75, 3.05) is 35.0 Å². The van der Waals surface area contributed by atoms with E-state index in [0.29, 0.717) is 35.0 Å². The molecule has 0 unspecified atom stereocenters. The number of carbonyl (C=O) groups excluding carboxylic acids is 2. The van der Waals surface area contributed by atoms with Crippen molar-refractivity contribution in [3.63, 3.8) is 0 Å². The van der Waals surface area contributed by atoms with Gasteiger partial charge in [-0.2, -0.15) is 0 Å². The monoisotopic (exact) mass is 442 g/mol. The van der Waals surface area contributed by atoms with Gasteiger partial charge in [0.25, 0.3) is 0 Å². The Kier molecular flexibility index (Phi) is 5.86. The van der Waals surface area contributed by atoms with Gasteiger partial charge in [0.15, 0.2) is 23.0 Å². The Morgan fingerprint density at radius 2 is 1.44 bits per heavy atom. The minimum atomic E-state index is -0.694. The van der Waals surface area contributed by atoms with Gasteiger partial charge in [0.05, 0.1) is 41.0 Å². The van der Waals surface area contributed by atoms with E-state index in [0.717, 1.165) is 16.7 Å². The highest BCUT2D eigenvalue weighted by Gasteiger charge is 2.46. The fourth-order valence-electron chi connectivity index (χ4n) is 4.61. The molecular formula is C24H26O8. The van der Waals surface area contributed by atoms with Crippen LogP contribution in [0.5, 0.6) is 23.0 Å². The first-order valence-corrected chi connectivity index (χ1v) is 10.3. The maximum atomic E-state index is 12.7. The van der Waals surface area contributed by atoms with E-state index in [4.69, 9.17) is 28.4 Å². The fraction of sp³-hybridized carbons (Fsp3) is 0.417. The van der Waals surface area contributed by atoms with E-state index >= 15 is 0 Å². The van der Waals surface area contributed by atoms with E-state index < -0.39 is 18.0 Å². The van der Waals surface area contributed by atoms with Gasteiger partial charge in [0, 0.05) is 18.4 Å². The second kappa shape index (κ2) is 8.61. The van der Waals surface area contributed by atoms with Gasteiger partial charge in [-0.15, -0.1) is 0 Å². The van der Waals surface area contributed by atoms with Crippen LogP contribution in [-0.2, 0) is 25.5 Å². The molecule has 1 aliphatic carbocycles. The molecule has 0 N–H and O–H groups in total. The van der Waals surface area contributed by atoms with E-state index in [1.807, 2.05) is 18.2 Å². The summed E-state index contributed by atoms with van der Waals surface area (Å²) in [5.41, 5.74) is 3.22. The molecule has 8 heteroatoms. The maximum Gasteiger partial charge on any atom is 0.309 e. The van der Waals surface area contributed by atoms with Crippen LogP contribution < -0.4 is 18.9 Å². The van der Waals surface area contributed by atoms with E-state index in [1.54, 1.807) is 34.5 Å². The molecule has 1 heterocycles. The standard InChI is InChI=1S/C24H26O8/c1-12(25)32-23-16-10-22(30-5)21(29-4)9-15(16)14-8-20(28-3)19(27-2)7-13(14)6-17-18(23)11-31-24(17)26/h7-10,17-18,23H,6,11H2,1-5H3/t17-,18+,23-/m1/s1. The van der Waals surface area contributed by atoms with Crippen LogP contribution >= 0.6 is 0 Å². The number of benzene rings is 2. The number of fused-ring (bicyclic) bond motifs is 4. The molecule has 0 amide bonds. The third-order valence-electron chi connectivity index (χ3n) is 6.12. The Balaban J connectivity index is 2.05. The van der Waals surface area contributed by atoms with Crippen LogP contribution in [0.3, 0.4) is 0 Å². The average molecular weight is 442 g/mol. The van der Waals surface area contributed by atoms with Crippen molar-refractivity contribution < 1.29 is 38.0 Å². The molecule has 0 aromatic heterocycles. The third-order valence-corrected chi connectivity index (χ3v) is 6.12. The molecule has 1 saturated heterocycles. The lowest BCUT2D eigenvalue weighted by Crippen LogP contribution is -2.29. The first kappa shape index (κ1) is 21.8. The highest BCUT2D eigenvalue weighted by Crippen LogP contribution is 2.50. The predicted octanol–water partition coefficient (Wildman–Crippen LogP) is 3.34. The van der Waals surface area contributed by atoms with Crippen LogP contribution in [0.25, 0.3) is 11.1 Å². The first-order valence-electron chi connectivity index (χ1n) is 10.3. The molecule has 32 heavy (non-hydrogen) atoms. The molecule has 3 atom stereocenters. The third kappa shape index (κ3) is 3.59. The van der Waals surface area contributed by atoms with E-state index in [-0.39, 0.29) is 18.5 Å². The van der Waals surface area contributed by atoms with Crippen molar-refractivity contribution in [2.45, 2.75) is 19.4 Å². The zero-order valence-corrected chi connectivity index (χ0v) is 18.7. The van der Waals surface area contributed by atoms with Crippen molar-refractivity contribution in [3.8, 4) is 34.1 Å². The Bertz CT molecular complexity index is 1060. The SMILES string of the molecule is COc1cc2c(cc1OC)-c1cc(OC)c(OC)cc1[C@@H](OC(C)=O)[C@H]1COC(=O)[C@@H]1C2. The van der Waals surface area contributed by atoms with Gasteiger partial charge in [0.2, 0.25) is 0 Å². The number of cyclic esters (lactones) is 1. The summed E-state index contributed by atoms with van der Waals surface area (Å²) in [4.78, 5) is 24.7. The predicted molar refractivity (Wildman–Crippen MR) is 114 cm³/mol. The van der Waals surface area contributed by atoms with Gasteiger partial charge in [-0.1, -0.05) is 0 Å². The van der Waals surface area contributed by atoms with Crippen molar-refractivity contribution >= 4 is 11.9 Å². The average Bonchev–Trinajstić information content (AvgIpc) is 3.14. The summed E-state index contributed by atoms with van der Waals surface area (Å²) in [5, 5.41) is 0. The topological polar surface area (TPSA) is 89.5 Å². The zero-order valence-electron chi connectivity index (χ0n) is 18.7. The molecule has 0 saturated carbocycles. The summed E-state index contributed by atoms with van der Waals surface area (Å²) in [6.07, 6.45) is -0.287. The molecular weight excluding hydrogens is 416 g/mol. The van der Waals surface area contributed by atoms with Crippen LogP contribution in [0.1, 0.15) is 24.2 Å². The highest BCUT2D eigenvalue weighted by atomic mass is 16.6. The summed E-state index contributed by atoms with van der Waals surface area (Å²) in [7, 11) is 6.24. The summed E-state index contributed by atoms with van der Waals surface area (Å²) in [6, 6.07) is 7.40. The van der Waals surface area contributed by atoms with E-state index in [9.17, 15) is 9.59 Å². The van der Waals surface area contributed by atoms with Crippen LogP contribution in [0.2, 0.25) is 0 Å². The summed E-state index contributed by atoms with van der Waals surface area (Å²) >= 11 is 0. The number of carbonyl (C=O) groups is 2. The number of esters is 2. The Hall–Kier alpha value is -3.42. The Morgan fingerprint density at radius 3 is 2.03 bits per heavy atom. The second-order valence-corrected chi connectivity index (χ2v) is 7.79. The van der Waals surface area contributed by atoms with E-state index in [2.05, 4.69) is 0 Å². The lowest BCUT2D eigenvalue weighted by molar-refractivity contribution is -0.150. The molecule has 8 nitrogen and oxygen atoms in total. The number of hydrogen-bond acceptors (Lipinski definition) is 8. The molecule has 0 radical (unpaired) electrons. The normalized spacial score (nSPS) is 21.2.